The number of hydrogen-bond acceptors (Lipinski definition) is 3. The second-order valence-corrected chi connectivity index (χ2v) is 8.57. The molecule has 1 aliphatic rings. The highest BCUT2D eigenvalue weighted by atomic mass is 16.7. The first-order chi connectivity index (χ1) is 13.0. The summed E-state index contributed by atoms with van der Waals surface area (Å²) < 4.78 is 11.7. The Morgan fingerprint density at radius 2 is 1.07 bits per heavy atom. The maximum Gasteiger partial charge on any atom is 0.183 e. The molecule has 0 saturated carbocycles. The molecule has 1 fully saturated rings. The summed E-state index contributed by atoms with van der Waals surface area (Å²) in [4.78, 5) is 0. The van der Waals surface area contributed by atoms with Gasteiger partial charge in [0.15, 0.2) is 6.29 Å². The fraction of sp³-hybridized carbons (Fsp3) is 0.760. The van der Waals surface area contributed by atoms with Gasteiger partial charge in [-0.3, -0.25) is 0 Å². The van der Waals surface area contributed by atoms with Crippen LogP contribution in [0.5, 0.6) is 5.75 Å². The Hall–Kier alpha value is -1.06. The smallest absolute Gasteiger partial charge is 0.183 e. The van der Waals surface area contributed by atoms with Crippen molar-refractivity contribution in [1.29, 1.82) is 0 Å². The van der Waals surface area contributed by atoms with Crippen molar-refractivity contribution >= 4 is 0 Å². The summed E-state index contributed by atoms with van der Waals surface area (Å²) in [6, 6.07) is 4.07. The summed E-state index contributed by atoms with van der Waals surface area (Å²) in [6.45, 7) is 28.2. The van der Waals surface area contributed by atoms with E-state index in [0.717, 1.165) is 16.7 Å². The van der Waals surface area contributed by atoms with Crippen LogP contribution in [0.25, 0.3) is 0 Å². The zero-order valence-corrected chi connectivity index (χ0v) is 21.0. The first-order valence-corrected chi connectivity index (χ1v) is 11.1. The van der Waals surface area contributed by atoms with E-state index < -0.39 is 0 Å². The minimum Gasteiger partial charge on any atom is -0.507 e. The lowest BCUT2D eigenvalue weighted by atomic mass is 9.78. The molecule has 1 aliphatic heterocycles. The third kappa shape index (κ3) is 8.53. The van der Waals surface area contributed by atoms with Gasteiger partial charge >= 0.3 is 0 Å². The first kappa shape index (κ1) is 29.1. The Kier molecular flexibility index (Phi) is 13.8. The molecule has 1 saturated heterocycles. The molecule has 0 spiro atoms. The minimum absolute atomic E-state index is 0.137. The Labute approximate surface area is 175 Å². The van der Waals surface area contributed by atoms with E-state index in [0.29, 0.717) is 24.9 Å². The zero-order chi connectivity index (χ0) is 22.7. The highest BCUT2D eigenvalue weighted by Gasteiger charge is 2.29. The van der Waals surface area contributed by atoms with Crippen molar-refractivity contribution in [3.05, 3.63) is 28.8 Å². The normalized spacial score (nSPS) is 19.2. The summed E-state index contributed by atoms with van der Waals surface area (Å²) in [5.41, 5.74) is 2.62. The Bertz CT molecular complexity index is 493. The summed E-state index contributed by atoms with van der Waals surface area (Å²) in [5.74, 6) is 0.825. The fourth-order valence-corrected chi connectivity index (χ4v) is 2.73. The van der Waals surface area contributed by atoms with E-state index >= 15 is 0 Å². The van der Waals surface area contributed by atoms with Gasteiger partial charge in [-0.2, -0.15) is 0 Å². The van der Waals surface area contributed by atoms with Crippen molar-refractivity contribution in [3.63, 3.8) is 0 Å². The van der Waals surface area contributed by atoms with Crippen LogP contribution in [0.15, 0.2) is 12.1 Å². The second-order valence-electron chi connectivity index (χ2n) is 8.57. The summed E-state index contributed by atoms with van der Waals surface area (Å²) in [6.07, 6.45) is -0.334. The molecular weight excluding hydrogens is 348 g/mol. The van der Waals surface area contributed by atoms with Gasteiger partial charge in [-0.25, -0.2) is 0 Å². The summed E-state index contributed by atoms with van der Waals surface area (Å²) >= 11 is 0. The average molecular weight is 397 g/mol. The van der Waals surface area contributed by atoms with E-state index in [1.165, 1.54) is 0 Å². The van der Waals surface area contributed by atoms with E-state index in [9.17, 15) is 5.11 Å². The van der Waals surface area contributed by atoms with Crippen molar-refractivity contribution in [1.82, 2.24) is 0 Å². The quantitative estimate of drug-likeness (QED) is 0.527. The predicted octanol–water partition coefficient (Wildman–Crippen LogP) is 7.75. The summed E-state index contributed by atoms with van der Waals surface area (Å²) in [5, 5.41) is 10.7. The van der Waals surface area contributed by atoms with Crippen LogP contribution < -0.4 is 0 Å². The molecule has 0 aromatic heterocycles. The number of hydrogen-bond donors (Lipinski definition) is 1. The van der Waals surface area contributed by atoms with Gasteiger partial charge in [0.25, 0.3) is 0 Å². The second kappa shape index (κ2) is 13.2. The lowest BCUT2D eigenvalue weighted by molar-refractivity contribution is -0.202. The molecule has 166 valence electrons. The van der Waals surface area contributed by atoms with Crippen LogP contribution >= 0.6 is 0 Å². The topological polar surface area (TPSA) is 38.7 Å². The van der Waals surface area contributed by atoms with Gasteiger partial charge in [0, 0.05) is 11.5 Å². The average Bonchev–Trinajstić information content (AvgIpc) is 2.66. The predicted molar refractivity (Wildman–Crippen MR) is 123 cm³/mol. The van der Waals surface area contributed by atoms with Crippen LogP contribution in [-0.4, -0.2) is 18.3 Å². The van der Waals surface area contributed by atoms with Gasteiger partial charge in [-0.05, 0) is 34.1 Å². The summed E-state index contributed by atoms with van der Waals surface area (Å²) in [7, 11) is 0. The van der Waals surface area contributed by atoms with E-state index in [2.05, 4.69) is 48.5 Å². The van der Waals surface area contributed by atoms with Crippen molar-refractivity contribution in [2.75, 3.05) is 13.2 Å². The van der Waals surface area contributed by atoms with Crippen LogP contribution in [0.2, 0.25) is 0 Å². The van der Waals surface area contributed by atoms with Crippen LogP contribution in [0.3, 0.4) is 0 Å². The molecule has 0 bridgehead atoms. The van der Waals surface area contributed by atoms with Crippen molar-refractivity contribution in [3.8, 4) is 5.75 Å². The number of benzene rings is 1. The molecule has 1 heterocycles. The fourth-order valence-electron chi connectivity index (χ4n) is 2.73. The van der Waals surface area contributed by atoms with Crippen molar-refractivity contribution in [2.45, 2.75) is 107 Å². The monoisotopic (exact) mass is 396 g/mol. The molecule has 1 aromatic carbocycles. The third-order valence-corrected chi connectivity index (χ3v) is 4.08. The molecule has 1 N–H and O–H groups in total. The molecule has 3 nitrogen and oxygen atoms in total. The molecule has 0 atom stereocenters. The van der Waals surface area contributed by atoms with Crippen LogP contribution in [0.1, 0.15) is 113 Å². The maximum atomic E-state index is 10.7. The Morgan fingerprint density at radius 3 is 1.36 bits per heavy atom. The Balaban J connectivity index is 0. The first-order valence-electron chi connectivity index (χ1n) is 11.1. The molecule has 1 aromatic rings. The molecule has 28 heavy (non-hydrogen) atoms. The molecule has 3 heteroatoms. The molecular formula is C25H48O3. The molecule has 0 amide bonds. The van der Waals surface area contributed by atoms with Crippen molar-refractivity contribution < 1.29 is 14.6 Å². The van der Waals surface area contributed by atoms with Crippen LogP contribution in [0, 0.1) is 5.92 Å². The number of phenolic OH excluding ortho intramolecular Hbond substituents is 1. The number of rotatable bonds is 1. The third-order valence-electron chi connectivity index (χ3n) is 4.08. The highest BCUT2D eigenvalue weighted by molar-refractivity contribution is 5.50. The van der Waals surface area contributed by atoms with Gasteiger partial charge in [-0.1, -0.05) is 90.0 Å². The van der Waals surface area contributed by atoms with Gasteiger partial charge < -0.3 is 14.6 Å². The SMILES string of the molecule is CC.CC.CC.CC1COC(c2cc(C(C)(C)C)c(O)c(C(C)(C)C)c2)OC1. The van der Waals surface area contributed by atoms with Crippen LogP contribution in [0.4, 0.5) is 0 Å². The van der Waals surface area contributed by atoms with Gasteiger partial charge in [-0.15, -0.1) is 0 Å². The van der Waals surface area contributed by atoms with Gasteiger partial charge in [0.2, 0.25) is 0 Å². The minimum atomic E-state index is -0.334. The van der Waals surface area contributed by atoms with E-state index in [1.807, 2.05) is 53.7 Å². The molecule has 0 unspecified atom stereocenters. The number of ether oxygens (including phenoxy) is 2. The molecule has 2 rings (SSSR count). The number of aromatic hydroxyl groups is 1. The van der Waals surface area contributed by atoms with E-state index in [4.69, 9.17) is 9.47 Å². The lowest BCUT2D eigenvalue weighted by Gasteiger charge is -2.32. The van der Waals surface area contributed by atoms with E-state index in [1.54, 1.807) is 0 Å². The Morgan fingerprint density at radius 1 is 0.750 bits per heavy atom. The largest absolute Gasteiger partial charge is 0.507 e. The van der Waals surface area contributed by atoms with E-state index in [-0.39, 0.29) is 17.1 Å². The highest BCUT2D eigenvalue weighted by Crippen LogP contribution is 2.41. The standard InChI is InChI=1S/C19H30O3.3C2H6/c1-12-10-21-17(22-11-12)13-8-14(18(2,3)4)16(20)15(9-13)19(5,6)7;3*1-2/h8-9,12,17,20H,10-11H2,1-7H3;3*1-2H3. The van der Waals surface area contributed by atoms with Crippen molar-refractivity contribution in [2.24, 2.45) is 5.92 Å². The molecule has 0 aliphatic carbocycles. The zero-order valence-electron chi connectivity index (χ0n) is 21.0. The lowest BCUT2D eigenvalue weighted by Crippen LogP contribution is -2.26. The van der Waals surface area contributed by atoms with Gasteiger partial charge in [0.05, 0.1) is 13.2 Å². The molecule has 0 radical (unpaired) electrons. The van der Waals surface area contributed by atoms with Crippen LogP contribution in [-0.2, 0) is 20.3 Å². The van der Waals surface area contributed by atoms with Gasteiger partial charge in [0.1, 0.15) is 5.75 Å². The maximum absolute atomic E-state index is 10.7. The number of phenols is 1.